The molecule has 2 unspecified atom stereocenters. The van der Waals surface area contributed by atoms with Gasteiger partial charge < -0.3 is 14.3 Å². The van der Waals surface area contributed by atoms with Crippen molar-refractivity contribution >= 4 is 14.3 Å². The zero-order chi connectivity index (χ0) is 15.8. The van der Waals surface area contributed by atoms with Crippen LogP contribution in [0.5, 0.6) is 0 Å². The van der Waals surface area contributed by atoms with Crippen molar-refractivity contribution in [1.29, 1.82) is 0 Å². The summed E-state index contributed by atoms with van der Waals surface area (Å²) in [5.41, 5.74) is -0.534. The Bertz CT molecular complexity index is 397. The summed E-state index contributed by atoms with van der Waals surface area (Å²) in [5, 5.41) is 10.7. The maximum Gasteiger partial charge on any atom is 0.340 e. The quantitative estimate of drug-likeness (QED) is 0.494. The van der Waals surface area contributed by atoms with Gasteiger partial charge in [-0.3, -0.25) is 0 Å². The molecule has 0 aromatic heterocycles. The van der Waals surface area contributed by atoms with E-state index in [4.69, 9.17) is 9.16 Å². The molecule has 1 N–H and O–H groups in total. The van der Waals surface area contributed by atoms with Gasteiger partial charge in [0.1, 0.15) is 0 Å². The molecule has 0 saturated heterocycles. The Morgan fingerprint density at radius 1 is 1.45 bits per heavy atom. The Morgan fingerprint density at radius 3 is 2.45 bits per heavy atom. The molecule has 0 bridgehead atoms. The first kappa shape index (κ1) is 17.4. The SMILES string of the molecule is C=C1CCC(O)(C(=O)OC)C(O[Si](C)(C)C(C)(C)C)C1. The zero-order valence-corrected chi connectivity index (χ0v) is 14.6. The number of carbonyl (C=O) groups is 1. The number of esters is 1. The molecule has 0 heterocycles. The fourth-order valence-electron chi connectivity index (χ4n) is 2.14. The minimum atomic E-state index is -2.08. The Labute approximate surface area is 123 Å². The number of ether oxygens (including phenoxy) is 1. The van der Waals surface area contributed by atoms with E-state index in [1.54, 1.807) is 0 Å². The van der Waals surface area contributed by atoms with Crippen molar-refractivity contribution in [3.05, 3.63) is 12.2 Å². The standard InChI is InChI=1S/C15H28O4Si/c1-11-8-9-15(17,13(16)18-5)12(10-11)19-20(6,7)14(2,3)4/h12,17H,1,8-10H2,2-7H3. The van der Waals surface area contributed by atoms with Crippen LogP contribution < -0.4 is 0 Å². The highest BCUT2D eigenvalue weighted by Crippen LogP contribution is 2.42. The lowest BCUT2D eigenvalue weighted by Gasteiger charge is -2.45. The molecule has 0 aromatic carbocycles. The number of carbonyl (C=O) groups excluding carboxylic acids is 1. The van der Waals surface area contributed by atoms with Crippen LogP contribution in [0.25, 0.3) is 0 Å². The first-order valence-electron chi connectivity index (χ1n) is 7.09. The van der Waals surface area contributed by atoms with E-state index in [1.807, 2.05) is 0 Å². The minimum Gasteiger partial charge on any atom is -0.467 e. The van der Waals surface area contributed by atoms with Crippen LogP contribution in [-0.4, -0.2) is 38.2 Å². The highest BCUT2D eigenvalue weighted by molar-refractivity contribution is 6.74. The molecule has 1 fully saturated rings. The zero-order valence-electron chi connectivity index (χ0n) is 13.6. The summed E-state index contributed by atoms with van der Waals surface area (Å²) in [4.78, 5) is 12.0. The van der Waals surface area contributed by atoms with E-state index in [2.05, 4.69) is 40.4 Å². The summed E-state index contributed by atoms with van der Waals surface area (Å²) in [6.07, 6.45) is 0.899. The fraction of sp³-hybridized carbons (Fsp3) is 0.800. The van der Waals surface area contributed by atoms with Crippen LogP contribution in [0.1, 0.15) is 40.0 Å². The first-order chi connectivity index (χ1) is 8.94. The second kappa shape index (κ2) is 5.62. The monoisotopic (exact) mass is 300 g/mol. The smallest absolute Gasteiger partial charge is 0.340 e. The van der Waals surface area contributed by atoms with Crippen LogP contribution in [0.2, 0.25) is 18.1 Å². The van der Waals surface area contributed by atoms with Gasteiger partial charge in [-0.25, -0.2) is 4.79 Å². The third-order valence-electron chi connectivity index (χ3n) is 4.65. The lowest BCUT2D eigenvalue weighted by atomic mass is 9.80. The maximum atomic E-state index is 12.0. The van der Waals surface area contributed by atoms with Crippen LogP contribution in [0.15, 0.2) is 12.2 Å². The second-order valence-corrected chi connectivity index (χ2v) is 12.0. The van der Waals surface area contributed by atoms with Crippen LogP contribution in [0, 0.1) is 0 Å². The van der Waals surface area contributed by atoms with E-state index < -0.39 is 26.0 Å². The molecule has 2 atom stereocenters. The van der Waals surface area contributed by atoms with Gasteiger partial charge in [-0.15, -0.1) is 0 Å². The summed E-state index contributed by atoms with van der Waals surface area (Å²) < 4.78 is 11.1. The van der Waals surface area contributed by atoms with Crippen molar-refractivity contribution in [2.24, 2.45) is 0 Å². The molecule has 1 rings (SSSR count). The van der Waals surface area contributed by atoms with Crippen LogP contribution >= 0.6 is 0 Å². The number of hydrogen-bond acceptors (Lipinski definition) is 4. The van der Waals surface area contributed by atoms with Crippen LogP contribution in [-0.2, 0) is 14.0 Å². The van der Waals surface area contributed by atoms with Gasteiger partial charge in [0.2, 0.25) is 0 Å². The molecule has 0 aliphatic heterocycles. The van der Waals surface area contributed by atoms with Gasteiger partial charge in [0.05, 0.1) is 13.2 Å². The van der Waals surface area contributed by atoms with Crippen molar-refractivity contribution in [2.45, 2.75) is 69.9 Å². The van der Waals surface area contributed by atoms with Crippen LogP contribution in [0.3, 0.4) is 0 Å². The molecule has 0 spiro atoms. The number of rotatable bonds is 3. The maximum absolute atomic E-state index is 12.0. The van der Waals surface area contributed by atoms with E-state index in [1.165, 1.54) is 7.11 Å². The van der Waals surface area contributed by atoms with Crippen molar-refractivity contribution in [2.75, 3.05) is 7.11 Å². The molecule has 116 valence electrons. The van der Waals surface area contributed by atoms with Gasteiger partial charge in [0, 0.05) is 0 Å². The molecule has 4 nitrogen and oxygen atoms in total. The average Bonchev–Trinajstić information content (AvgIpc) is 2.31. The molecule has 1 aliphatic carbocycles. The van der Waals surface area contributed by atoms with Gasteiger partial charge in [-0.1, -0.05) is 32.9 Å². The largest absolute Gasteiger partial charge is 0.467 e. The van der Waals surface area contributed by atoms with Crippen molar-refractivity contribution in [1.82, 2.24) is 0 Å². The normalized spacial score (nSPS) is 28.4. The predicted molar refractivity (Wildman–Crippen MR) is 82.0 cm³/mol. The minimum absolute atomic E-state index is 0.0167. The third-order valence-corrected chi connectivity index (χ3v) is 9.13. The molecule has 1 aliphatic rings. The Morgan fingerprint density at radius 2 is 2.00 bits per heavy atom. The predicted octanol–water partition coefficient (Wildman–Crippen LogP) is 3.02. The fourth-order valence-corrected chi connectivity index (χ4v) is 3.49. The highest BCUT2D eigenvalue weighted by atomic mass is 28.4. The third kappa shape index (κ3) is 3.32. The summed E-state index contributed by atoms with van der Waals surface area (Å²) in [7, 11) is -0.779. The van der Waals surface area contributed by atoms with Crippen molar-refractivity contribution < 1.29 is 19.1 Å². The molecule has 1 saturated carbocycles. The van der Waals surface area contributed by atoms with Gasteiger partial charge in [0.25, 0.3) is 0 Å². The van der Waals surface area contributed by atoms with E-state index in [9.17, 15) is 9.90 Å². The molecule has 20 heavy (non-hydrogen) atoms. The lowest BCUT2D eigenvalue weighted by Crippen LogP contribution is -2.58. The van der Waals surface area contributed by atoms with E-state index in [-0.39, 0.29) is 5.04 Å². The molecule has 0 radical (unpaired) electrons. The Kier molecular flexibility index (Phi) is 4.89. The number of aliphatic hydroxyl groups is 1. The van der Waals surface area contributed by atoms with Gasteiger partial charge in [-0.05, 0) is 37.4 Å². The Balaban J connectivity index is 3.03. The molecule has 0 amide bonds. The average molecular weight is 300 g/mol. The topological polar surface area (TPSA) is 55.8 Å². The number of methoxy groups -OCH3 is 1. The summed E-state index contributed by atoms with van der Waals surface area (Å²) in [5.74, 6) is -0.603. The summed E-state index contributed by atoms with van der Waals surface area (Å²) in [6.45, 7) is 14.6. The van der Waals surface area contributed by atoms with Gasteiger partial charge in [-0.2, -0.15) is 0 Å². The van der Waals surface area contributed by atoms with Crippen molar-refractivity contribution in [3.63, 3.8) is 0 Å². The van der Waals surface area contributed by atoms with E-state index in [0.717, 1.165) is 5.57 Å². The molecular formula is C15H28O4Si. The highest BCUT2D eigenvalue weighted by Gasteiger charge is 2.51. The van der Waals surface area contributed by atoms with E-state index >= 15 is 0 Å². The molecule has 5 heteroatoms. The molecule has 0 aromatic rings. The first-order valence-corrected chi connectivity index (χ1v) is 10.00. The van der Waals surface area contributed by atoms with E-state index in [0.29, 0.717) is 19.3 Å². The van der Waals surface area contributed by atoms with Crippen molar-refractivity contribution in [3.8, 4) is 0 Å². The number of hydrogen-bond donors (Lipinski definition) is 1. The molecular weight excluding hydrogens is 272 g/mol. The second-order valence-electron chi connectivity index (χ2n) is 7.24. The lowest BCUT2D eigenvalue weighted by molar-refractivity contribution is -0.177. The summed E-state index contributed by atoms with van der Waals surface area (Å²) in [6, 6.07) is 0. The van der Waals surface area contributed by atoms with Gasteiger partial charge >= 0.3 is 5.97 Å². The van der Waals surface area contributed by atoms with Gasteiger partial charge in [0.15, 0.2) is 13.9 Å². The summed E-state index contributed by atoms with van der Waals surface area (Å²) >= 11 is 0. The Hall–Kier alpha value is -0.653. The van der Waals surface area contributed by atoms with Crippen LogP contribution in [0.4, 0.5) is 0 Å².